The van der Waals surface area contributed by atoms with Crippen LogP contribution in [-0.4, -0.2) is 41.3 Å². The highest BCUT2D eigenvalue weighted by Crippen LogP contribution is 2.25. The number of piperidine rings is 1. The predicted octanol–water partition coefficient (Wildman–Crippen LogP) is 3.09. The molecular formula is C17H20F3NO4. The topological polar surface area (TPSA) is 66.8 Å². The number of hydrogen-bond acceptors (Lipinski definition) is 3. The Labute approximate surface area is 143 Å². The van der Waals surface area contributed by atoms with Crippen LogP contribution in [0.2, 0.25) is 0 Å². The number of ether oxygens (including phenoxy) is 1. The largest absolute Gasteiger partial charge is 0.573 e. The molecule has 2 atom stereocenters. The van der Waals surface area contributed by atoms with E-state index in [-0.39, 0.29) is 24.0 Å². The number of halogens is 3. The van der Waals surface area contributed by atoms with Gasteiger partial charge in [0.1, 0.15) is 5.75 Å². The van der Waals surface area contributed by atoms with Gasteiger partial charge in [-0.05, 0) is 36.5 Å². The number of aryl methyl sites for hydroxylation is 1. The van der Waals surface area contributed by atoms with Crippen molar-refractivity contribution in [3.63, 3.8) is 0 Å². The first kappa shape index (κ1) is 19.1. The van der Waals surface area contributed by atoms with Crippen LogP contribution in [0.5, 0.6) is 5.75 Å². The zero-order chi connectivity index (χ0) is 18.6. The summed E-state index contributed by atoms with van der Waals surface area (Å²) in [6.07, 6.45) is -3.66. The number of carboxylic acids is 1. The molecule has 8 heteroatoms. The molecule has 0 saturated carbocycles. The summed E-state index contributed by atoms with van der Waals surface area (Å²) in [4.78, 5) is 25.0. The standard InChI is InChI=1S/C17H20F3NO4/c1-11-10-21(9-8-14(11)16(23)24)15(22)7-4-12-2-5-13(6-3-12)25-17(18,19)20/h2-3,5-6,11,14H,4,7-10H2,1H3,(H,23,24). The minimum absolute atomic E-state index is 0.0775. The zero-order valence-corrected chi connectivity index (χ0v) is 13.8. The van der Waals surface area contributed by atoms with Crippen LogP contribution in [0.3, 0.4) is 0 Å². The summed E-state index contributed by atoms with van der Waals surface area (Å²) in [5.74, 6) is -1.74. The van der Waals surface area contributed by atoms with Crippen molar-refractivity contribution in [1.82, 2.24) is 4.90 Å². The van der Waals surface area contributed by atoms with E-state index in [1.54, 1.807) is 4.90 Å². The molecule has 1 aliphatic rings. The third-order valence-corrected chi connectivity index (χ3v) is 4.36. The molecule has 5 nitrogen and oxygen atoms in total. The molecule has 1 heterocycles. The monoisotopic (exact) mass is 359 g/mol. The molecule has 25 heavy (non-hydrogen) atoms. The van der Waals surface area contributed by atoms with Gasteiger partial charge in [-0.25, -0.2) is 0 Å². The number of benzene rings is 1. The lowest BCUT2D eigenvalue weighted by Gasteiger charge is -2.35. The molecule has 2 rings (SSSR count). The molecule has 1 aromatic rings. The highest BCUT2D eigenvalue weighted by molar-refractivity contribution is 5.77. The number of carbonyl (C=O) groups excluding carboxylic acids is 1. The van der Waals surface area contributed by atoms with E-state index in [2.05, 4.69) is 4.74 Å². The van der Waals surface area contributed by atoms with Gasteiger partial charge in [-0.1, -0.05) is 19.1 Å². The average Bonchev–Trinajstić information content (AvgIpc) is 2.52. The predicted molar refractivity (Wildman–Crippen MR) is 82.9 cm³/mol. The second-order valence-electron chi connectivity index (χ2n) is 6.24. The normalized spacial score (nSPS) is 21.0. The Bertz CT molecular complexity index is 615. The fourth-order valence-corrected chi connectivity index (χ4v) is 3.01. The van der Waals surface area contributed by atoms with Gasteiger partial charge in [-0.3, -0.25) is 9.59 Å². The van der Waals surface area contributed by atoms with Crippen molar-refractivity contribution in [3.05, 3.63) is 29.8 Å². The average molecular weight is 359 g/mol. The number of carbonyl (C=O) groups is 2. The molecule has 1 amide bonds. The Balaban J connectivity index is 1.83. The molecule has 0 radical (unpaired) electrons. The van der Waals surface area contributed by atoms with Gasteiger partial charge in [0.2, 0.25) is 5.91 Å². The van der Waals surface area contributed by atoms with Crippen LogP contribution in [0.4, 0.5) is 13.2 Å². The Morgan fingerprint density at radius 3 is 2.44 bits per heavy atom. The second kappa shape index (κ2) is 7.76. The minimum atomic E-state index is -4.73. The van der Waals surface area contributed by atoms with E-state index in [0.29, 0.717) is 25.9 Å². The molecule has 1 aliphatic heterocycles. The van der Waals surface area contributed by atoms with Crippen LogP contribution >= 0.6 is 0 Å². The lowest BCUT2D eigenvalue weighted by Crippen LogP contribution is -2.45. The summed E-state index contributed by atoms with van der Waals surface area (Å²) < 4.78 is 40.1. The van der Waals surface area contributed by atoms with E-state index in [9.17, 15) is 22.8 Å². The third kappa shape index (κ3) is 5.65. The van der Waals surface area contributed by atoms with Crippen LogP contribution in [0, 0.1) is 11.8 Å². The fraction of sp³-hybridized carbons (Fsp3) is 0.529. The SMILES string of the molecule is CC1CN(C(=O)CCc2ccc(OC(F)(F)F)cc2)CCC1C(=O)O. The summed E-state index contributed by atoms with van der Waals surface area (Å²) in [6, 6.07) is 5.42. The highest BCUT2D eigenvalue weighted by Gasteiger charge is 2.33. The van der Waals surface area contributed by atoms with E-state index in [1.165, 1.54) is 24.3 Å². The van der Waals surface area contributed by atoms with Crippen LogP contribution in [0.25, 0.3) is 0 Å². The Morgan fingerprint density at radius 1 is 1.28 bits per heavy atom. The van der Waals surface area contributed by atoms with Gasteiger partial charge in [-0.2, -0.15) is 0 Å². The lowest BCUT2D eigenvalue weighted by molar-refractivity contribution is -0.274. The first-order valence-corrected chi connectivity index (χ1v) is 8.01. The highest BCUT2D eigenvalue weighted by atomic mass is 19.4. The molecule has 0 aromatic heterocycles. The van der Waals surface area contributed by atoms with Crippen LogP contribution in [0.15, 0.2) is 24.3 Å². The maximum Gasteiger partial charge on any atom is 0.573 e. The number of amides is 1. The van der Waals surface area contributed by atoms with Crippen LogP contribution < -0.4 is 4.74 Å². The molecule has 0 aliphatic carbocycles. The lowest BCUT2D eigenvalue weighted by atomic mass is 9.87. The van der Waals surface area contributed by atoms with Crippen molar-refractivity contribution in [2.24, 2.45) is 11.8 Å². The van der Waals surface area contributed by atoms with Crippen molar-refractivity contribution >= 4 is 11.9 Å². The van der Waals surface area contributed by atoms with E-state index < -0.39 is 18.2 Å². The molecule has 0 bridgehead atoms. The summed E-state index contributed by atoms with van der Waals surface area (Å²) >= 11 is 0. The van der Waals surface area contributed by atoms with Crippen LogP contribution in [0.1, 0.15) is 25.3 Å². The van der Waals surface area contributed by atoms with Crippen molar-refractivity contribution in [2.45, 2.75) is 32.5 Å². The summed E-state index contributed by atoms with van der Waals surface area (Å²) in [5, 5.41) is 9.09. The van der Waals surface area contributed by atoms with Gasteiger partial charge in [0, 0.05) is 19.5 Å². The Hall–Kier alpha value is -2.25. The number of nitrogens with zero attached hydrogens (tertiary/aromatic N) is 1. The molecule has 0 spiro atoms. The molecule has 1 N–H and O–H groups in total. The quantitative estimate of drug-likeness (QED) is 0.877. The summed E-state index contributed by atoms with van der Waals surface area (Å²) in [7, 11) is 0. The first-order valence-electron chi connectivity index (χ1n) is 8.01. The van der Waals surface area contributed by atoms with E-state index >= 15 is 0 Å². The maximum atomic E-state index is 12.3. The smallest absolute Gasteiger partial charge is 0.481 e. The van der Waals surface area contributed by atoms with E-state index in [1.807, 2.05) is 6.92 Å². The Morgan fingerprint density at radius 2 is 1.92 bits per heavy atom. The van der Waals surface area contributed by atoms with E-state index in [0.717, 1.165) is 5.56 Å². The van der Waals surface area contributed by atoms with Gasteiger partial charge >= 0.3 is 12.3 Å². The number of rotatable bonds is 5. The van der Waals surface area contributed by atoms with Crippen molar-refractivity contribution in [3.8, 4) is 5.75 Å². The minimum Gasteiger partial charge on any atom is -0.481 e. The summed E-state index contributed by atoms with van der Waals surface area (Å²) in [6.45, 7) is 2.64. The number of likely N-dealkylation sites (tertiary alicyclic amines) is 1. The van der Waals surface area contributed by atoms with Gasteiger partial charge in [0.15, 0.2) is 0 Å². The molecular weight excluding hydrogens is 339 g/mol. The number of carboxylic acid groups (broad SMARTS) is 1. The number of aliphatic carboxylic acids is 1. The Kier molecular flexibility index (Phi) is 5.92. The molecule has 138 valence electrons. The zero-order valence-electron chi connectivity index (χ0n) is 13.8. The fourth-order valence-electron chi connectivity index (χ4n) is 3.01. The molecule has 1 saturated heterocycles. The van der Waals surface area contributed by atoms with Crippen molar-refractivity contribution < 1.29 is 32.6 Å². The summed E-state index contributed by atoms with van der Waals surface area (Å²) in [5.41, 5.74) is 0.733. The molecule has 2 unspecified atom stereocenters. The second-order valence-corrected chi connectivity index (χ2v) is 6.24. The van der Waals surface area contributed by atoms with Gasteiger partial charge in [-0.15, -0.1) is 13.2 Å². The van der Waals surface area contributed by atoms with Crippen molar-refractivity contribution in [1.29, 1.82) is 0 Å². The van der Waals surface area contributed by atoms with Gasteiger partial charge in [0.05, 0.1) is 5.92 Å². The van der Waals surface area contributed by atoms with Gasteiger partial charge < -0.3 is 14.7 Å². The van der Waals surface area contributed by atoms with Crippen LogP contribution in [-0.2, 0) is 16.0 Å². The number of hydrogen-bond donors (Lipinski definition) is 1. The molecule has 1 aromatic carbocycles. The van der Waals surface area contributed by atoms with Gasteiger partial charge in [0.25, 0.3) is 0 Å². The number of alkyl halides is 3. The third-order valence-electron chi connectivity index (χ3n) is 4.36. The van der Waals surface area contributed by atoms with E-state index in [4.69, 9.17) is 5.11 Å². The van der Waals surface area contributed by atoms with Crippen molar-refractivity contribution in [2.75, 3.05) is 13.1 Å². The maximum absolute atomic E-state index is 12.3. The molecule has 1 fully saturated rings. The first-order chi connectivity index (χ1) is 11.7.